The minimum absolute atomic E-state index is 0.0123. The summed E-state index contributed by atoms with van der Waals surface area (Å²) < 4.78 is 53.7. The molecular weight excluding hydrogens is 380 g/mol. The van der Waals surface area contributed by atoms with Crippen LogP contribution in [0, 0.1) is 5.92 Å². The van der Waals surface area contributed by atoms with Gasteiger partial charge in [-0.2, -0.15) is 4.31 Å². The van der Waals surface area contributed by atoms with Crippen LogP contribution in [-0.4, -0.2) is 51.8 Å². The van der Waals surface area contributed by atoms with Crippen LogP contribution in [0.4, 0.5) is 0 Å². The van der Waals surface area contributed by atoms with Crippen LogP contribution in [-0.2, 0) is 28.6 Å². The van der Waals surface area contributed by atoms with Gasteiger partial charge in [0.25, 0.3) is 19.1 Å². The van der Waals surface area contributed by atoms with E-state index in [1.54, 1.807) is 6.92 Å². The van der Waals surface area contributed by atoms with Crippen LogP contribution in [0.1, 0.15) is 19.8 Å². The molecule has 24 heavy (non-hydrogen) atoms. The first-order valence-electron chi connectivity index (χ1n) is 7.23. The fraction of sp³-hybridized carbons (Fsp3) is 0.538. The maximum absolute atomic E-state index is 12.6. The highest BCUT2D eigenvalue weighted by molar-refractivity contribution is 8.13. The molecule has 1 atom stereocenters. The molecule has 1 aromatic heterocycles. The van der Waals surface area contributed by atoms with Gasteiger partial charge in [0, 0.05) is 30.0 Å². The zero-order chi connectivity index (χ0) is 18.0. The van der Waals surface area contributed by atoms with Crippen LogP contribution in [0.2, 0.25) is 0 Å². The Morgan fingerprint density at radius 1 is 1.38 bits per heavy atom. The van der Waals surface area contributed by atoms with Gasteiger partial charge in [-0.05, 0) is 31.9 Å². The number of nitrogens with zero attached hydrogens (tertiary/aromatic N) is 2. The van der Waals surface area contributed by atoms with E-state index in [2.05, 4.69) is 4.98 Å². The lowest BCUT2D eigenvalue weighted by atomic mass is 10.0. The Morgan fingerprint density at radius 2 is 2.08 bits per heavy atom. The number of carbonyl (C=O) groups is 1. The summed E-state index contributed by atoms with van der Waals surface area (Å²) in [4.78, 5) is 15.2. The topological polar surface area (TPSA) is 111 Å². The lowest BCUT2D eigenvalue weighted by Crippen LogP contribution is -2.43. The van der Waals surface area contributed by atoms with Gasteiger partial charge in [0.1, 0.15) is 4.90 Å². The van der Waals surface area contributed by atoms with Gasteiger partial charge in [-0.25, -0.2) is 21.8 Å². The van der Waals surface area contributed by atoms with E-state index in [9.17, 15) is 21.6 Å². The summed E-state index contributed by atoms with van der Waals surface area (Å²) >= 11 is 0. The van der Waals surface area contributed by atoms with Crippen LogP contribution in [0.25, 0.3) is 0 Å². The highest BCUT2D eigenvalue weighted by Crippen LogP contribution is 2.24. The normalized spacial score (nSPS) is 19.8. The number of aromatic nitrogens is 1. The fourth-order valence-electron chi connectivity index (χ4n) is 2.41. The maximum atomic E-state index is 12.6. The van der Waals surface area contributed by atoms with Gasteiger partial charge in [-0.3, -0.25) is 4.79 Å². The van der Waals surface area contributed by atoms with Gasteiger partial charge in [-0.1, -0.05) is 0 Å². The Bertz CT molecular complexity index is 807. The summed E-state index contributed by atoms with van der Waals surface area (Å²) in [6.45, 7) is 2.19. The largest absolute Gasteiger partial charge is 0.466 e. The molecule has 1 aromatic rings. The molecule has 2 heterocycles. The van der Waals surface area contributed by atoms with Gasteiger partial charge in [-0.15, -0.1) is 0 Å². The molecule has 0 saturated carbocycles. The number of pyridine rings is 1. The minimum atomic E-state index is -3.98. The second-order valence-corrected chi connectivity index (χ2v) is 9.67. The molecule has 0 aromatic carbocycles. The number of piperidine rings is 1. The van der Waals surface area contributed by atoms with E-state index in [0.717, 1.165) is 22.6 Å². The molecule has 0 N–H and O–H groups in total. The van der Waals surface area contributed by atoms with Crippen LogP contribution in [0.5, 0.6) is 0 Å². The predicted molar refractivity (Wildman–Crippen MR) is 85.4 cm³/mol. The summed E-state index contributed by atoms with van der Waals surface area (Å²) in [5.74, 6) is -0.940. The summed E-state index contributed by atoms with van der Waals surface area (Å²) in [6, 6.07) is 2.16. The van der Waals surface area contributed by atoms with E-state index >= 15 is 0 Å². The van der Waals surface area contributed by atoms with Crippen molar-refractivity contribution in [2.75, 3.05) is 19.7 Å². The summed E-state index contributed by atoms with van der Waals surface area (Å²) in [7, 11) is -2.73. The monoisotopic (exact) mass is 396 g/mol. The lowest BCUT2D eigenvalue weighted by molar-refractivity contribution is -0.149. The summed E-state index contributed by atoms with van der Waals surface area (Å²) in [5.41, 5.74) is 0. The Kier molecular flexibility index (Phi) is 5.84. The standard InChI is InChI=1S/C13H17ClN2O6S2/c1-2-22-13(17)10-4-3-7-16(9-10)24(20,21)12-6-5-11(8-15-12)23(14,18)19/h5-6,8,10H,2-4,7,9H2,1H3/t10-/m1/s1. The SMILES string of the molecule is CCOC(=O)[C@@H]1CCCN(S(=O)(=O)c2ccc(S(=O)(=O)Cl)cn2)C1. The van der Waals surface area contributed by atoms with Crippen molar-refractivity contribution in [3.05, 3.63) is 18.3 Å². The van der Waals surface area contributed by atoms with Crippen molar-refractivity contribution in [1.29, 1.82) is 0 Å². The van der Waals surface area contributed by atoms with Gasteiger partial charge in [0.05, 0.1) is 12.5 Å². The van der Waals surface area contributed by atoms with Crippen molar-refractivity contribution in [2.45, 2.75) is 29.7 Å². The smallest absolute Gasteiger partial charge is 0.310 e. The van der Waals surface area contributed by atoms with Crippen molar-refractivity contribution >= 4 is 35.7 Å². The highest BCUT2D eigenvalue weighted by Gasteiger charge is 2.34. The van der Waals surface area contributed by atoms with E-state index in [4.69, 9.17) is 15.4 Å². The number of halogens is 1. The number of hydrogen-bond acceptors (Lipinski definition) is 7. The average Bonchev–Trinajstić information content (AvgIpc) is 2.54. The molecule has 8 nitrogen and oxygen atoms in total. The number of carbonyl (C=O) groups excluding carboxylic acids is 1. The molecule has 0 amide bonds. The Morgan fingerprint density at radius 3 is 2.62 bits per heavy atom. The second kappa shape index (κ2) is 7.34. The van der Waals surface area contributed by atoms with Gasteiger partial charge < -0.3 is 4.74 Å². The zero-order valence-corrected chi connectivity index (χ0v) is 15.3. The molecule has 0 aliphatic carbocycles. The number of sulfonamides is 1. The lowest BCUT2D eigenvalue weighted by Gasteiger charge is -2.30. The number of hydrogen-bond donors (Lipinski definition) is 0. The van der Waals surface area contributed by atoms with Gasteiger partial charge in [0.15, 0.2) is 5.03 Å². The van der Waals surface area contributed by atoms with Crippen molar-refractivity contribution in [3.63, 3.8) is 0 Å². The molecule has 0 radical (unpaired) electrons. The fourth-order valence-corrected chi connectivity index (χ4v) is 4.53. The molecule has 1 fully saturated rings. The van der Waals surface area contributed by atoms with Gasteiger partial charge in [0.2, 0.25) is 0 Å². The van der Waals surface area contributed by atoms with Gasteiger partial charge >= 0.3 is 5.97 Å². The first-order chi connectivity index (χ1) is 11.2. The maximum Gasteiger partial charge on any atom is 0.310 e. The number of rotatable bonds is 5. The quantitative estimate of drug-likeness (QED) is 0.538. The molecule has 11 heteroatoms. The molecule has 0 spiro atoms. The second-order valence-electron chi connectivity index (χ2n) is 5.22. The van der Waals surface area contributed by atoms with Crippen molar-refractivity contribution < 1.29 is 26.4 Å². The third-order valence-corrected chi connectivity index (χ3v) is 6.72. The molecule has 134 valence electrons. The average molecular weight is 397 g/mol. The van der Waals surface area contributed by atoms with E-state index in [0.29, 0.717) is 12.8 Å². The minimum Gasteiger partial charge on any atom is -0.466 e. The third kappa shape index (κ3) is 4.24. The van der Waals surface area contributed by atoms with E-state index in [-0.39, 0.29) is 29.6 Å². The van der Waals surface area contributed by atoms with Crippen LogP contribution in [0.15, 0.2) is 28.3 Å². The highest BCUT2D eigenvalue weighted by atomic mass is 35.7. The van der Waals surface area contributed by atoms with Crippen molar-refractivity contribution in [2.24, 2.45) is 5.92 Å². The van der Waals surface area contributed by atoms with E-state index < -0.39 is 31.0 Å². The molecule has 1 aliphatic heterocycles. The molecule has 1 saturated heterocycles. The van der Waals surface area contributed by atoms with Crippen LogP contribution < -0.4 is 0 Å². The summed E-state index contributed by atoms with van der Waals surface area (Å²) in [5, 5.41) is -0.295. The van der Waals surface area contributed by atoms with Crippen molar-refractivity contribution in [3.8, 4) is 0 Å². The molecular formula is C13H17ClN2O6S2. The molecule has 0 bridgehead atoms. The Labute approximate surface area is 145 Å². The zero-order valence-electron chi connectivity index (χ0n) is 12.9. The van der Waals surface area contributed by atoms with E-state index in [1.807, 2.05) is 0 Å². The van der Waals surface area contributed by atoms with Crippen molar-refractivity contribution in [1.82, 2.24) is 9.29 Å². The summed E-state index contributed by atoms with van der Waals surface area (Å²) in [6.07, 6.45) is 1.97. The molecule has 0 unspecified atom stereocenters. The Hall–Kier alpha value is -1.23. The van der Waals surface area contributed by atoms with Crippen LogP contribution >= 0.6 is 10.7 Å². The van der Waals surface area contributed by atoms with Crippen LogP contribution in [0.3, 0.4) is 0 Å². The molecule has 1 aliphatic rings. The predicted octanol–water partition coefficient (Wildman–Crippen LogP) is 0.973. The molecule has 2 rings (SSSR count). The first kappa shape index (κ1) is 19.1. The first-order valence-corrected chi connectivity index (χ1v) is 11.0. The Balaban J connectivity index is 2.22. The van der Waals surface area contributed by atoms with E-state index in [1.165, 1.54) is 0 Å². The number of ether oxygens (including phenoxy) is 1. The number of esters is 1. The third-order valence-electron chi connectivity index (χ3n) is 3.60.